The molecule has 4 heteroatoms. The predicted molar refractivity (Wildman–Crippen MR) is 59.6 cm³/mol. The van der Waals surface area contributed by atoms with Gasteiger partial charge in [-0.25, -0.2) is 0 Å². The Labute approximate surface area is 89.1 Å². The zero-order valence-electron chi connectivity index (χ0n) is 8.95. The highest BCUT2D eigenvalue weighted by molar-refractivity contribution is 5.96. The average Bonchev–Trinajstić information content (AvgIpc) is 2.17. The first-order valence-electron chi connectivity index (χ1n) is 4.82. The Hall–Kier alpha value is -1.55. The molecule has 0 aromatic heterocycles. The number of benzene rings is 1. The number of hydrogen-bond donors (Lipinski definition) is 3. The summed E-state index contributed by atoms with van der Waals surface area (Å²) in [6.07, 6.45) is 0. The standard InChI is InChI=1S/C11H16N2O2/c1-7-5-9(12)3-4-10(7)11(15)13-8(2)6-14/h3-5,8,14H,6,12H2,1-2H3,(H,13,15). The first-order valence-corrected chi connectivity index (χ1v) is 4.82. The lowest BCUT2D eigenvalue weighted by Crippen LogP contribution is -2.35. The molecule has 1 aromatic carbocycles. The second kappa shape index (κ2) is 4.79. The van der Waals surface area contributed by atoms with Gasteiger partial charge >= 0.3 is 0 Å². The van der Waals surface area contributed by atoms with Gasteiger partial charge in [0, 0.05) is 17.3 Å². The zero-order chi connectivity index (χ0) is 11.4. The van der Waals surface area contributed by atoms with Crippen molar-refractivity contribution in [2.24, 2.45) is 0 Å². The second-order valence-electron chi connectivity index (χ2n) is 3.63. The summed E-state index contributed by atoms with van der Waals surface area (Å²) >= 11 is 0. The summed E-state index contributed by atoms with van der Waals surface area (Å²) in [5, 5.41) is 11.5. The minimum absolute atomic E-state index is 0.0697. The van der Waals surface area contributed by atoms with Gasteiger partial charge in [0.1, 0.15) is 0 Å². The topological polar surface area (TPSA) is 75.4 Å². The Balaban J connectivity index is 2.82. The van der Waals surface area contributed by atoms with Crippen LogP contribution in [0.1, 0.15) is 22.8 Å². The first-order chi connectivity index (χ1) is 7.04. The van der Waals surface area contributed by atoms with Gasteiger partial charge in [-0.2, -0.15) is 0 Å². The highest BCUT2D eigenvalue weighted by atomic mass is 16.3. The Morgan fingerprint density at radius 1 is 1.60 bits per heavy atom. The van der Waals surface area contributed by atoms with Crippen LogP contribution in [0.15, 0.2) is 18.2 Å². The van der Waals surface area contributed by atoms with Gasteiger partial charge in [0.05, 0.1) is 6.61 Å². The molecule has 4 N–H and O–H groups in total. The molecular weight excluding hydrogens is 192 g/mol. The smallest absolute Gasteiger partial charge is 0.251 e. The lowest BCUT2D eigenvalue weighted by atomic mass is 10.1. The van der Waals surface area contributed by atoms with Crippen molar-refractivity contribution in [1.82, 2.24) is 5.32 Å². The molecule has 1 amide bonds. The molecule has 0 aliphatic heterocycles. The summed E-state index contributed by atoms with van der Waals surface area (Å²) in [4.78, 5) is 11.7. The first kappa shape index (κ1) is 11.5. The van der Waals surface area contributed by atoms with Crippen LogP contribution in [0.5, 0.6) is 0 Å². The molecule has 82 valence electrons. The zero-order valence-corrected chi connectivity index (χ0v) is 8.95. The van der Waals surface area contributed by atoms with Gasteiger partial charge in [-0.3, -0.25) is 4.79 Å². The van der Waals surface area contributed by atoms with Crippen molar-refractivity contribution in [2.75, 3.05) is 12.3 Å². The Bertz CT molecular complexity index is 364. The molecule has 0 radical (unpaired) electrons. The van der Waals surface area contributed by atoms with E-state index >= 15 is 0 Å². The normalized spacial score (nSPS) is 12.2. The molecule has 1 atom stereocenters. The fourth-order valence-corrected chi connectivity index (χ4v) is 1.29. The number of aryl methyl sites for hydroxylation is 1. The molecule has 1 rings (SSSR count). The lowest BCUT2D eigenvalue weighted by molar-refractivity contribution is 0.0921. The molecular formula is C11H16N2O2. The Kier molecular flexibility index (Phi) is 3.68. The number of nitrogen functional groups attached to an aromatic ring is 1. The molecule has 0 bridgehead atoms. The largest absolute Gasteiger partial charge is 0.399 e. The molecule has 1 unspecified atom stereocenters. The van der Waals surface area contributed by atoms with Gasteiger partial charge in [0.2, 0.25) is 0 Å². The van der Waals surface area contributed by atoms with E-state index < -0.39 is 0 Å². The molecule has 0 heterocycles. The van der Waals surface area contributed by atoms with Crippen LogP contribution in [-0.4, -0.2) is 23.7 Å². The van der Waals surface area contributed by atoms with Crippen LogP contribution in [-0.2, 0) is 0 Å². The number of aliphatic hydroxyl groups excluding tert-OH is 1. The average molecular weight is 208 g/mol. The summed E-state index contributed by atoms with van der Waals surface area (Å²) in [6.45, 7) is 3.50. The van der Waals surface area contributed by atoms with E-state index in [1.54, 1.807) is 25.1 Å². The number of nitrogens with one attached hydrogen (secondary N) is 1. The van der Waals surface area contributed by atoms with Gasteiger partial charge in [0.25, 0.3) is 5.91 Å². The molecule has 4 nitrogen and oxygen atoms in total. The van der Waals surface area contributed by atoms with Crippen LogP contribution in [0.4, 0.5) is 5.69 Å². The van der Waals surface area contributed by atoms with Gasteiger partial charge in [-0.15, -0.1) is 0 Å². The highest BCUT2D eigenvalue weighted by Gasteiger charge is 2.11. The van der Waals surface area contributed by atoms with E-state index in [1.165, 1.54) is 0 Å². The number of nitrogens with two attached hydrogens (primary N) is 1. The second-order valence-corrected chi connectivity index (χ2v) is 3.63. The van der Waals surface area contributed by atoms with Gasteiger partial charge in [-0.1, -0.05) is 0 Å². The monoisotopic (exact) mass is 208 g/mol. The summed E-state index contributed by atoms with van der Waals surface area (Å²) in [5.41, 5.74) is 7.64. The van der Waals surface area contributed by atoms with Crippen molar-refractivity contribution in [3.63, 3.8) is 0 Å². The molecule has 0 saturated carbocycles. The van der Waals surface area contributed by atoms with Crippen molar-refractivity contribution >= 4 is 11.6 Å². The van der Waals surface area contributed by atoms with E-state index in [2.05, 4.69) is 5.32 Å². The van der Waals surface area contributed by atoms with Crippen molar-refractivity contribution < 1.29 is 9.90 Å². The van der Waals surface area contributed by atoms with Gasteiger partial charge in [0.15, 0.2) is 0 Å². The SMILES string of the molecule is Cc1cc(N)ccc1C(=O)NC(C)CO. The van der Waals surface area contributed by atoms with Crippen molar-refractivity contribution in [2.45, 2.75) is 19.9 Å². The van der Waals surface area contributed by atoms with Gasteiger partial charge in [-0.05, 0) is 37.6 Å². The molecule has 0 spiro atoms. The van der Waals surface area contributed by atoms with Crippen LogP contribution < -0.4 is 11.1 Å². The predicted octanol–water partition coefficient (Wildman–Crippen LogP) is 0.688. The van der Waals surface area contributed by atoms with Crippen molar-refractivity contribution in [1.29, 1.82) is 0 Å². The van der Waals surface area contributed by atoms with Crippen LogP contribution >= 0.6 is 0 Å². The third-order valence-corrected chi connectivity index (χ3v) is 2.15. The molecule has 0 aliphatic rings. The van der Waals surface area contributed by atoms with E-state index in [9.17, 15) is 4.79 Å². The van der Waals surface area contributed by atoms with Crippen LogP contribution in [0.3, 0.4) is 0 Å². The Morgan fingerprint density at radius 2 is 2.27 bits per heavy atom. The highest BCUT2D eigenvalue weighted by Crippen LogP contribution is 2.12. The minimum Gasteiger partial charge on any atom is -0.399 e. The number of rotatable bonds is 3. The van der Waals surface area contributed by atoms with Crippen molar-refractivity contribution in [3.8, 4) is 0 Å². The maximum Gasteiger partial charge on any atom is 0.251 e. The molecule has 0 aliphatic carbocycles. The summed E-state index contributed by atoms with van der Waals surface area (Å²) in [5.74, 6) is -0.186. The summed E-state index contributed by atoms with van der Waals surface area (Å²) in [6, 6.07) is 4.88. The molecule has 1 aromatic rings. The molecule has 0 saturated heterocycles. The maximum atomic E-state index is 11.7. The van der Waals surface area contributed by atoms with Crippen molar-refractivity contribution in [3.05, 3.63) is 29.3 Å². The minimum atomic E-state index is -0.241. The number of carbonyl (C=O) groups is 1. The van der Waals surface area contributed by atoms with E-state index in [-0.39, 0.29) is 18.6 Å². The number of carbonyl (C=O) groups excluding carboxylic acids is 1. The third kappa shape index (κ3) is 2.95. The number of amides is 1. The summed E-state index contributed by atoms with van der Waals surface area (Å²) in [7, 11) is 0. The number of anilines is 1. The molecule has 0 fully saturated rings. The third-order valence-electron chi connectivity index (χ3n) is 2.15. The fourth-order valence-electron chi connectivity index (χ4n) is 1.29. The lowest BCUT2D eigenvalue weighted by Gasteiger charge is -2.12. The summed E-state index contributed by atoms with van der Waals surface area (Å²) < 4.78 is 0. The number of aliphatic hydroxyl groups is 1. The van der Waals surface area contributed by atoms with E-state index in [0.29, 0.717) is 11.3 Å². The fraction of sp³-hybridized carbons (Fsp3) is 0.364. The van der Waals surface area contributed by atoms with E-state index in [4.69, 9.17) is 10.8 Å². The van der Waals surface area contributed by atoms with E-state index in [1.807, 2.05) is 6.92 Å². The van der Waals surface area contributed by atoms with Crippen LogP contribution in [0.25, 0.3) is 0 Å². The van der Waals surface area contributed by atoms with E-state index in [0.717, 1.165) is 5.56 Å². The maximum absolute atomic E-state index is 11.7. The number of hydrogen-bond acceptors (Lipinski definition) is 3. The van der Waals surface area contributed by atoms with Crippen LogP contribution in [0, 0.1) is 6.92 Å². The quantitative estimate of drug-likeness (QED) is 0.640. The van der Waals surface area contributed by atoms with Crippen LogP contribution in [0.2, 0.25) is 0 Å². The van der Waals surface area contributed by atoms with Gasteiger partial charge < -0.3 is 16.2 Å². The molecule has 15 heavy (non-hydrogen) atoms. The Morgan fingerprint density at radius 3 is 2.80 bits per heavy atom.